The van der Waals surface area contributed by atoms with E-state index < -0.39 is 17.8 Å². The quantitative estimate of drug-likeness (QED) is 0.677. The second-order valence-corrected chi connectivity index (χ2v) is 10.0. The number of carboxylic acids is 1. The molecule has 0 saturated heterocycles. The first kappa shape index (κ1) is 20.4. The van der Waals surface area contributed by atoms with Crippen molar-refractivity contribution in [3.63, 3.8) is 0 Å². The van der Waals surface area contributed by atoms with Crippen molar-refractivity contribution < 1.29 is 24.2 Å². The van der Waals surface area contributed by atoms with Crippen LogP contribution in [0.1, 0.15) is 66.8 Å². The molecule has 0 aromatic carbocycles. The fourth-order valence-corrected chi connectivity index (χ4v) is 6.94. The molecular weight excluding hydrogens is 390 g/mol. The monoisotopic (exact) mass is 419 g/mol. The molecule has 29 heavy (non-hydrogen) atoms. The largest absolute Gasteiger partial charge is 0.481 e. The molecule has 7 heteroatoms. The van der Waals surface area contributed by atoms with Gasteiger partial charge in [0.25, 0.3) is 0 Å². The predicted molar refractivity (Wildman–Crippen MR) is 110 cm³/mol. The fraction of sp³-hybridized carbons (Fsp3) is 0.682. The highest BCUT2D eigenvalue weighted by atomic mass is 32.1. The van der Waals surface area contributed by atoms with Crippen LogP contribution in [-0.4, -0.2) is 29.6 Å². The van der Waals surface area contributed by atoms with E-state index in [1.54, 1.807) is 0 Å². The number of ether oxygens (including phenoxy) is 1. The van der Waals surface area contributed by atoms with Gasteiger partial charge in [0.2, 0.25) is 5.91 Å². The lowest BCUT2D eigenvalue weighted by Gasteiger charge is -2.27. The summed E-state index contributed by atoms with van der Waals surface area (Å²) in [5.74, 6) is -1.85. The number of carboxylic acid groups (broad SMARTS) is 1. The Hall–Kier alpha value is -1.89. The number of carbonyl (C=O) groups is 3. The van der Waals surface area contributed by atoms with E-state index in [9.17, 15) is 19.5 Å². The zero-order chi connectivity index (χ0) is 20.7. The summed E-state index contributed by atoms with van der Waals surface area (Å²) < 4.78 is 5.41. The van der Waals surface area contributed by atoms with Gasteiger partial charge >= 0.3 is 11.9 Å². The smallest absolute Gasteiger partial charge is 0.341 e. The van der Waals surface area contributed by atoms with Crippen LogP contribution in [0, 0.1) is 29.6 Å². The Morgan fingerprint density at radius 2 is 1.90 bits per heavy atom. The Bertz CT molecular complexity index is 831. The minimum atomic E-state index is -0.876. The van der Waals surface area contributed by atoms with Crippen molar-refractivity contribution in [2.45, 2.75) is 58.8 Å². The van der Waals surface area contributed by atoms with E-state index in [-0.39, 0.29) is 23.7 Å². The summed E-state index contributed by atoms with van der Waals surface area (Å²) >= 11 is 1.46. The molecule has 2 saturated carbocycles. The zero-order valence-corrected chi connectivity index (χ0v) is 17.8. The molecule has 0 radical (unpaired) electrons. The molecule has 4 rings (SSSR count). The van der Waals surface area contributed by atoms with Gasteiger partial charge in [0.15, 0.2) is 0 Å². The number of hydrogen-bond donors (Lipinski definition) is 2. The molecule has 2 bridgehead atoms. The number of aliphatic carboxylic acids is 1. The fourth-order valence-electron chi connectivity index (χ4n) is 5.54. The van der Waals surface area contributed by atoms with E-state index in [1.807, 2.05) is 6.92 Å². The first-order chi connectivity index (χ1) is 13.9. The molecule has 0 spiro atoms. The number of amides is 1. The second-order valence-electron chi connectivity index (χ2n) is 8.90. The highest BCUT2D eigenvalue weighted by Gasteiger charge is 2.54. The molecule has 3 aliphatic rings. The maximum Gasteiger partial charge on any atom is 0.341 e. The van der Waals surface area contributed by atoms with Gasteiger partial charge in [-0.25, -0.2) is 4.79 Å². The van der Waals surface area contributed by atoms with Crippen molar-refractivity contribution >= 4 is 34.2 Å². The van der Waals surface area contributed by atoms with E-state index in [0.717, 1.165) is 55.4 Å². The van der Waals surface area contributed by atoms with Crippen molar-refractivity contribution in [3.8, 4) is 0 Å². The SMILES string of the molecule is CCCOC(=O)c1c(NC(=O)[C@H]2[C@H]3CC[C@@H](C3)[C@@H]2C(=O)O)sc2c1CC[C@@H](C)C2. The van der Waals surface area contributed by atoms with E-state index >= 15 is 0 Å². The van der Waals surface area contributed by atoms with Gasteiger partial charge in [0.1, 0.15) is 5.00 Å². The lowest BCUT2D eigenvalue weighted by molar-refractivity contribution is -0.148. The Labute approximate surface area is 175 Å². The third-order valence-corrected chi connectivity index (χ3v) is 8.06. The maximum atomic E-state index is 13.2. The molecular formula is C22H29NO5S. The molecule has 1 aromatic heterocycles. The summed E-state index contributed by atoms with van der Waals surface area (Å²) in [6.45, 7) is 4.49. The Balaban J connectivity index is 1.61. The van der Waals surface area contributed by atoms with Crippen molar-refractivity contribution in [2.24, 2.45) is 29.6 Å². The Morgan fingerprint density at radius 3 is 2.59 bits per heavy atom. The van der Waals surface area contributed by atoms with E-state index in [2.05, 4.69) is 12.2 Å². The molecule has 2 fully saturated rings. The molecule has 1 aromatic rings. The Morgan fingerprint density at radius 1 is 1.17 bits per heavy atom. The van der Waals surface area contributed by atoms with E-state index in [1.165, 1.54) is 11.3 Å². The number of rotatable bonds is 6. The molecule has 5 atom stereocenters. The van der Waals surface area contributed by atoms with Crippen molar-refractivity contribution in [2.75, 3.05) is 11.9 Å². The molecule has 0 aliphatic heterocycles. The van der Waals surface area contributed by atoms with Crippen LogP contribution in [0.3, 0.4) is 0 Å². The average molecular weight is 420 g/mol. The highest BCUT2D eigenvalue weighted by molar-refractivity contribution is 7.17. The lowest BCUT2D eigenvalue weighted by Crippen LogP contribution is -2.38. The molecule has 1 amide bonds. The van der Waals surface area contributed by atoms with Crippen LogP contribution in [0.4, 0.5) is 5.00 Å². The van der Waals surface area contributed by atoms with Crippen LogP contribution in [0.15, 0.2) is 0 Å². The maximum absolute atomic E-state index is 13.2. The van der Waals surface area contributed by atoms with Crippen LogP contribution in [-0.2, 0) is 27.2 Å². The van der Waals surface area contributed by atoms with Gasteiger partial charge < -0.3 is 15.2 Å². The first-order valence-electron chi connectivity index (χ1n) is 10.8. The normalized spacial score (nSPS) is 30.1. The third-order valence-electron chi connectivity index (χ3n) is 6.89. The minimum absolute atomic E-state index is 0.0969. The predicted octanol–water partition coefficient (Wildman–Crippen LogP) is 4.13. The highest BCUT2D eigenvalue weighted by Crippen LogP contribution is 2.53. The summed E-state index contributed by atoms with van der Waals surface area (Å²) in [5, 5.41) is 13.2. The van der Waals surface area contributed by atoms with Crippen LogP contribution in [0.5, 0.6) is 0 Å². The van der Waals surface area contributed by atoms with Crippen molar-refractivity contribution in [3.05, 3.63) is 16.0 Å². The lowest BCUT2D eigenvalue weighted by atomic mass is 9.78. The Kier molecular flexibility index (Phi) is 5.69. The van der Waals surface area contributed by atoms with Gasteiger partial charge in [-0.2, -0.15) is 0 Å². The van der Waals surface area contributed by atoms with Gasteiger partial charge in [-0.1, -0.05) is 13.8 Å². The molecule has 3 aliphatic carbocycles. The summed E-state index contributed by atoms with van der Waals surface area (Å²) in [7, 11) is 0. The van der Waals surface area contributed by atoms with Gasteiger partial charge in [0.05, 0.1) is 24.0 Å². The van der Waals surface area contributed by atoms with Gasteiger partial charge in [-0.15, -0.1) is 11.3 Å². The number of nitrogens with one attached hydrogen (secondary N) is 1. The van der Waals surface area contributed by atoms with E-state index in [4.69, 9.17) is 4.74 Å². The number of esters is 1. The second kappa shape index (κ2) is 8.09. The minimum Gasteiger partial charge on any atom is -0.481 e. The number of hydrogen-bond acceptors (Lipinski definition) is 5. The van der Waals surface area contributed by atoms with Crippen LogP contribution in [0.25, 0.3) is 0 Å². The van der Waals surface area contributed by atoms with Crippen molar-refractivity contribution in [1.82, 2.24) is 0 Å². The first-order valence-corrected chi connectivity index (χ1v) is 11.6. The molecule has 2 N–H and O–H groups in total. The number of thiophene rings is 1. The summed E-state index contributed by atoms with van der Waals surface area (Å²) in [4.78, 5) is 38.9. The van der Waals surface area contributed by atoms with E-state index in [0.29, 0.717) is 23.1 Å². The number of carbonyl (C=O) groups excluding carboxylic acids is 2. The summed E-state index contributed by atoms with van der Waals surface area (Å²) in [6.07, 6.45) is 6.09. The standard InChI is InChI=1S/C22H29NO5S/c1-3-8-28-22(27)18-14-7-4-11(2)9-15(14)29-20(18)23-19(24)16-12-5-6-13(10-12)17(16)21(25)26/h11-13,16-17H,3-10H2,1-2H3,(H,23,24)(H,25,26)/t11-,12+,13+,16+,17+/m1/s1. The summed E-state index contributed by atoms with van der Waals surface area (Å²) in [5.41, 5.74) is 1.50. The van der Waals surface area contributed by atoms with Crippen LogP contribution in [0.2, 0.25) is 0 Å². The van der Waals surface area contributed by atoms with Crippen molar-refractivity contribution in [1.29, 1.82) is 0 Å². The zero-order valence-electron chi connectivity index (χ0n) is 17.0. The molecule has 1 heterocycles. The molecule has 158 valence electrons. The third kappa shape index (κ3) is 3.69. The summed E-state index contributed by atoms with van der Waals surface area (Å²) in [6, 6.07) is 0. The molecule has 6 nitrogen and oxygen atoms in total. The van der Waals surface area contributed by atoms with Crippen LogP contribution < -0.4 is 5.32 Å². The molecule has 0 unspecified atom stereocenters. The topological polar surface area (TPSA) is 92.7 Å². The van der Waals surface area contributed by atoms with Crippen LogP contribution >= 0.6 is 11.3 Å². The number of anilines is 1. The average Bonchev–Trinajstić information content (AvgIpc) is 3.37. The van der Waals surface area contributed by atoms with Gasteiger partial charge in [0, 0.05) is 4.88 Å². The van der Waals surface area contributed by atoms with Gasteiger partial charge in [-0.05, 0) is 68.3 Å². The number of fused-ring (bicyclic) bond motifs is 3. The van der Waals surface area contributed by atoms with Gasteiger partial charge in [-0.3, -0.25) is 9.59 Å².